The van der Waals surface area contributed by atoms with Crippen LogP contribution in [-0.2, 0) is 9.53 Å². The van der Waals surface area contributed by atoms with Crippen molar-refractivity contribution in [2.75, 3.05) is 40.4 Å². The molecule has 0 bridgehead atoms. The Kier molecular flexibility index (Phi) is 5.81. The summed E-state index contributed by atoms with van der Waals surface area (Å²) in [6.45, 7) is 3.25. The summed E-state index contributed by atoms with van der Waals surface area (Å²) in [7, 11) is 3.78. The molecule has 2 rings (SSSR count). The molecule has 0 aromatic rings. The number of amides is 1. The van der Waals surface area contributed by atoms with Crippen molar-refractivity contribution in [2.45, 2.75) is 50.1 Å². The van der Waals surface area contributed by atoms with E-state index in [0.29, 0.717) is 19.2 Å². The molecule has 20 heavy (non-hydrogen) atoms. The Morgan fingerprint density at radius 3 is 2.60 bits per heavy atom. The zero-order valence-corrected chi connectivity index (χ0v) is 12.9. The van der Waals surface area contributed by atoms with Crippen molar-refractivity contribution in [1.82, 2.24) is 15.5 Å². The van der Waals surface area contributed by atoms with Crippen LogP contribution in [0.1, 0.15) is 38.5 Å². The van der Waals surface area contributed by atoms with Crippen LogP contribution in [0, 0.1) is 0 Å². The van der Waals surface area contributed by atoms with E-state index in [0.717, 1.165) is 38.8 Å². The Bertz CT molecular complexity index is 310. The molecule has 1 saturated heterocycles. The Morgan fingerprint density at radius 2 is 2.00 bits per heavy atom. The quantitative estimate of drug-likeness (QED) is 0.755. The van der Waals surface area contributed by atoms with Gasteiger partial charge in [-0.15, -0.1) is 0 Å². The first-order valence-corrected chi connectivity index (χ1v) is 7.86. The summed E-state index contributed by atoms with van der Waals surface area (Å²) >= 11 is 0. The molecule has 1 heterocycles. The molecular weight excluding hydrogens is 254 g/mol. The number of rotatable bonds is 6. The van der Waals surface area contributed by atoms with Crippen LogP contribution in [0.5, 0.6) is 0 Å². The van der Waals surface area contributed by atoms with Gasteiger partial charge in [-0.3, -0.25) is 9.69 Å². The maximum Gasteiger partial charge on any atom is 0.234 e. The highest BCUT2D eigenvalue weighted by Gasteiger charge is 2.35. The van der Waals surface area contributed by atoms with Crippen LogP contribution in [-0.4, -0.2) is 62.8 Å². The molecule has 2 aliphatic rings. The first kappa shape index (κ1) is 15.7. The van der Waals surface area contributed by atoms with Gasteiger partial charge < -0.3 is 15.4 Å². The van der Waals surface area contributed by atoms with Crippen LogP contribution in [0.25, 0.3) is 0 Å². The van der Waals surface area contributed by atoms with E-state index in [4.69, 9.17) is 4.74 Å². The fourth-order valence-electron chi connectivity index (χ4n) is 3.57. The van der Waals surface area contributed by atoms with Gasteiger partial charge in [0.1, 0.15) is 0 Å². The van der Waals surface area contributed by atoms with Crippen LogP contribution in [0.2, 0.25) is 0 Å². The molecule has 5 nitrogen and oxygen atoms in total. The fraction of sp³-hybridized carbons (Fsp3) is 0.933. The maximum atomic E-state index is 12.3. The lowest BCUT2D eigenvalue weighted by Gasteiger charge is -2.34. The zero-order chi connectivity index (χ0) is 14.4. The molecule has 0 unspecified atom stereocenters. The van der Waals surface area contributed by atoms with Gasteiger partial charge in [0.2, 0.25) is 5.91 Å². The van der Waals surface area contributed by atoms with E-state index < -0.39 is 0 Å². The number of hydrogen-bond donors (Lipinski definition) is 2. The second-order valence-electron chi connectivity index (χ2n) is 6.36. The summed E-state index contributed by atoms with van der Waals surface area (Å²) in [5, 5.41) is 6.60. The highest BCUT2D eigenvalue weighted by atomic mass is 16.5. The average Bonchev–Trinajstić information content (AvgIpc) is 2.88. The van der Waals surface area contributed by atoms with Crippen molar-refractivity contribution in [3.8, 4) is 0 Å². The van der Waals surface area contributed by atoms with E-state index in [9.17, 15) is 4.79 Å². The predicted molar refractivity (Wildman–Crippen MR) is 79.7 cm³/mol. The number of likely N-dealkylation sites (N-methyl/N-ethyl adjacent to an activating group) is 1. The Balaban J connectivity index is 1.81. The molecule has 0 radical (unpaired) electrons. The lowest BCUT2D eigenvalue weighted by atomic mass is 9.98. The number of methoxy groups -OCH3 is 1. The van der Waals surface area contributed by atoms with E-state index in [2.05, 4.69) is 22.6 Å². The monoisotopic (exact) mass is 283 g/mol. The van der Waals surface area contributed by atoms with Crippen LogP contribution >= 0.6 is 0 Å². The molecule has 2 fully saturated rings. The van der Waals surface area contributed by atoms with Crippen molar-refractivity contribution >= 4 is 5.91 Å². The number of piperidine rings is 1. The molecule has 1 aliphatic heterocycles. The van der Waals surface area contributed by atoms with Gasteiger partial charge in [0.05, 0.1) is 18.7 Å². The van der Waals surface area contributed by atoms with Crippen molar-refractivity contribution in [3.63, 3.8) is 0 Å². The number of nitrogens with one attached hydrogen (secondary N) is 2. The minimum absolute atomic E-state index is 0.110. The third kappa shape index (κ3) is 4.17. The van der Waals surface area contributed by atoms with Gasteiger partial charge in [0.25, 0.3) is 0 Å². The van der Waals surface area contributed by atoms with Crippen LogP contribution < -0.4 is 10.6 Å². The van der Waals surface area contributed by atoms with Crippen molar-refractivity contribution in [3.05, 3.63) is 0 Å². The van der Waals surface area contributed by atoms with Crippen molar-refractivity contribution < 1.29 is 9.53 Å². The molecule has 1 aliphatic carbocycles. The summed E-state index contributed by atoms with van der Waals surface area (Å²) in [5.41, 5.74) is -0.110. The summed E-state index contributed by atoms with van der Waals surface area (Å²) in [6.07, 6.45) is 6.73. The highest BCUT2D eigenvalue weighted by Crippen LogP contribution is 2.29. The SMILES string of the molecule is COCC1(NC(=O)CN(C)C2CCNCC2)CCCC1. The Labute approximate surface area is 122 Å². The maximum absolute atomic E-state index is 12.3. The summed E-state index contributed by atoms with van der Waals surface area (Å²) in [5.74, 6) is 0.144. The van der Waals surface area contributed by atoms with Gasteiger partial charge in [0.15, 0.2) is 0 Å². The lowest BCUT2D eigenvalue weighted by molar-refractivity contribution is -0.125. The van der Waals surface area contributed by atoms with Gasteiger partial charge in [-0.25, -0.2) is 0 Å². The van der Waals surface area contributed by atoms with E-state index >= 15 is 0 Å². The number of carbonyl (C=O) groups is 1. The zero-order valence-electron chi connectivity index (χ0n) is 12.9. The van der Waals surface area contributed by atoms with Crippen molar-refractivity contribution in [1.29, 1.82) is 0 Å². The molecule has 2 N–H and O–H groups in total. The van der Waals surface area contributed by atoms with Gasteiger partial charge in [-0.2, -0.15) is 0 Å². The van der Waals surface area contributed by atoms with Gasteiger partial charge in [-0.1, -0.05) is 12.8 Å². The third-order valence-corrected chi connectivity index (χ3v) is 4.71. The summed E-state index contributed by atoms with van der Waals surface area (Å²) < 4.78 is 5.31. The second-order valence-corrected chi connectivity index (χ2v) is 6.36. The normalized spacial score (nSPS) is 23.1. The highest BCUT2D eigenvalue weighted by molar-refractivity contribution is 5.79. The number of ether oxygens (including phenoxy) is 1. The number of carbonyl (C=O) groups excluding carboxylic acids is 1. The Hall–Kier alpha value is -0.650. The number of nitrogens with zero attached hydrogens (tertiary/aromatic N) is 1. The largest absolute Gasteiger partial charge is 0.382 e. The molecular formula is C15H29N3O2. The van der Waals surface area contributed by atoms with Crippen LogP contribution in [0.3, 0.4) is 0 Å². The van der Waals surface area contributed by atoms with E-state index in [1.54, 1.807) is 7.11 Å². The van der Waals surface area contributed by atoms with E-state index in [1.807, 2.05) is 0 Å². The molecule has 0 spiro atoms. The molecule has 0 atom stereocenters. The van der Waals surface area contributed by atoms with Crippen molar-refractivity contribution in [2.24, 2.45) is 0 Å². The molecule has 1 amide bonds. The van der Waals surface area contributed by atoms with Crippen LogP contribution in [0.15, 0.2) is 0 Å². The first-order chi connectivity index (χ1) is 9.65. The standard InChI is InChI=1S/C15H29N3O2/c1-18(13-5-9-16-10-6-13)11-14(19)17-15(12-20-2)7-3-4-8-15/h13,16H,3-12H2,1-2H3,(H,17,19). The number of hydrogen-bond acceptors (Lipinski definition) is 4. The summed E-state index contributed by atoms with van der Waals surface area (Å²) in [4.78, 5) is 14.5. The topological polar surface area (TPSA) is 53.6 Å². The van der Waals surface area contributed by atoms with Crippen LogP contribution in [0.4, 0.5) is 0 Å². The molecule has 0 aromatic heterocycles. The first-order valence-electron chi connectivity index (χ1n) is 7.86. The Morgan fingerprint density at radius 1 is 1.35 bits per heavy atom. The predicted octanol–water partition coefficient (Wildman–Crippen LogP) is 0.746. The van der Waals surface area contributed by atoms with E-state index in [1.165, 1.54) is 12.8 Å². The average molecular weight is 283 g/mol. The van der Waals surface area contributed by atoms with E-state index in [-0.39, 0.29) is 11.4 Å². The minimum atomic E-state index is -0.110. The second kappa shape index (κ2) is 7.38. The molecule has 0 aromatic carbocycles. The third-order valence-electron chi connectivity index (χ3n) is 4.71. The summed E-state index contributed by atoms with van der Waals surface area (Å²) in [6, 6.07) is 0.531. The molecule has 5 heteroatoms. The fourth-order valence-corrected chi connectivity index (χ4v) is 3.57. The molecule has 1 saturated carbocycles. The van der Waals surface area contributed by atoms with Gasteiger partial charge in [-0.05, 0) is 45.8 Å². The molecule has 116 valence electrons. The smallest absolute Gasteiger partial charge is 0.234 e. The van der Waals surface area contributed by atoms with Gasteiger partial charge in [0, 0.05) is 13.2 Å². The minimum Gasteiger partial charge on any atom is -0.382 e. The van der Waals surface area contributed by atoms with Gasteiger partial charge >= 0.3 is 0 Å². The lowest BCUT2D eigenvalue weighted by Crippen LogP contribution is -2.53.